The summed E-state index contributed by atoms with van der Waals surface area (Å²) >= 11 is 0. The molecule has 2 atom stereocenters. The molecule has 0 saturated heterocycles. The summed E-state index contributed by atoms with van der Waals surface area (Å²) in [7, 11) is 0. The first-order chi connectivity index (χ1) is 12.8. The smallest absolute Gasteiger partial charge is 0.112 e. The molecule has 6 nitrogen and oxygen atoms in total. The maximum atomic E-state index is 10.8. The molecule has 1 N–H and O–H groups in total. The first kappa shape index (κ1) is 14.8. The molecule has 5 rings (SSSR count). The second-order valence-electron chi connectivity index (χ2n) is 6.29. The summed E-state index contributed by atoms with van der Waals surface area (Å²) in [5.74, 6) is 0. The second-order valence-corrected chi connectivity index (χ2v) is 6.29. The maximum Gasteiger partial charge on any atom is 0.112 e. The van der Waals surface area contributed by atoms with Crippen LogP contribution in [-0.4, -0.2) is 15.1 Å². The molecule has 0 aliphatic heterocycles. The lowest BCUT2D eigenvalue weighted by molar-refractivity contribution is 0.143. The highest BCUT2D eigenvalue weighted by Crippen LogP contribution is 2.45. The van der Waals surface area contributed by atoms with Crippen LogP contribution in [-0.2, 0) is 0 Å². The van der Waals surface area contributed by atoms with Crippen LogP contribution in [0.15, 0.2) is 65.8 Å². The molecule has 6 heteroatoms. The highest BCUT2D eigenvalue weighted by atomic mass is 16.3. The minimum absolute atomic E-state index is 0.512. The van der Waals surface area contributed by atoms with Gasteiger partial charge in [0.15, 0.2) is 0 Å². The van der Waals surface area contributed by atoms with Gasteiger partial charge in [-0.05, 0) is 22.5 Å². The van der Waals surface area contributed by atoms with Crippen LogP contribution < -0.4 is 0 Å². The summed E-state index contributed by atoms with van der Waals surface area (Å²) in [6.45, 7) is 0. The topological polar surface area (TPSA) is 94.8 Å². The van der Waals surface area contributed by atoms with Crippen molar-refractivity contribution >= 4 is 21.8 Å². The zero-order valence-electron chi connectivity index (χ0n) is 13.6. The van der Waals surface area contributed by atoms with Crippen molar-refractivity contribution in [2.24, 2.45) is 5.11 Å². The van der Waals surface area contributed by atoms with E-state index in [9.17, 15) is 5.11 Å². The fourth-order valence-corrected chi connectivity index (χ4v) is 3.67. The van der Waals surface area contributed by atoms with Crippen molar-refractivity contribution < 1.29 is 5.11 Å². The van der Waals surface area contributed by atoms with E-state index in [1.54, 1.807) is 0 Å². The van der Waals surface area contributed by atoms with Gasteiger partial charge in [0.2, 0.25) is 0 Å². The number of rotatable bonds is 1. The Hall–Kier alpha value is -3.47. The van der Waals surface area contributed by atoms with Gasteiger partial charge in [-0.15, -0.1) is 0 Å². The van der Waals surface area contributed by atoms with Gasteiger partial charge in [-0.2, -0.15) is 0 Å². The Morgan fingerprint density at radius 3 is 2.65 bits per heavy atom. The van der Waals surface area contributed by atoms with Crippen molar-refractivity contribution in [1.82, 2.24) is 9.97 Å². The number of aliphatic hydroxyl groups is 1. The van der Waals surface area contributed by atoms with Gasteiger partial charge in [0.1, 0.15) is 6.04 Å². The molecule has 26 heavy (non-hydrogen) atoms. The standard InChI is InChI=1S/C20H13N5O/c21-25-24-19-18-17(13-7-3-4-8-14(13)20(19)26)22-15-10-9-11-5-1-2-6-12(11)16(15)23-18/h1-10,19-20,26H/t19-,20-/m1/s1. The van der Waals surface area contributed by atoms with Crippen LogP contribution in [0.5, 0.6) is 0 Å². The van der Waals surface area contributed by atoms with Crippen molar-refractivity contribution in [1.29, 1.82) is 0 Å². The van der Waals surface area contributed by atoms with Crippen LogP contribution in [0.4, 0.5) is 0 Å². The Bertz CT molecular complexity index is 1230. The lowest BCUT2D eigenvalue weighted by atomic mass is 9.86. The van der Waals surface area contributed by atoms with Crippen LogP contribution >= 0.6 is 0 Å². The Kier molecular flexibility index (Phi) is 3.15. The molecule has 0 unspecified atom stereocenters. The van der Waals surface area contributed by atoms with Gasteiger partial charge >= 0.3 is 0 Å². The number of nitrogens with zero attached hydrogens (tertiary/aromatic N) is 5. The molecule has 1 aliphatic rings. The van der Waals surface area contributed by atoms with Crippen molar-refractivity contribution in [2.45, 2.75) is 12.1 Å². The molecule has 0 radical (unpaired) electrons. The minimum atomic E-state index is -0.948. The van der Waals surface area contributed by atoms with Crippen LogP contribution in [0.2, 0.25) is 0 Å². The number of aromatic nitrogens is 2. The number of hydrogen-bond donors (Lipinski definition) is 1. The summed E-state index contributed by atoms with van der Waals surface area (Å²) in [6.07, 6.45) is -0.948. The molecule has 0 saturated carbocycles. The van der Waals surface area contributed by atoms with E-state index in [0.29, 0.717) is 17.0 Å². The Morgan fingerprint density at radius 1 is 0.962 bits per heavy atom. The van der Waals surface area contributed by atoms with Crippen LogP contribution in [0.1, 0.15) is 23.4 Å². The molecule has 1 aliphatic carbocycles. The second kappa shape index (κ2) is 5.52. The molecule has 1 heterocycles. The monoisotopic (exact) mass is 339 g/mol. The van der Waals surface area contributed by atoms with Gasteiger partial charge in [0, 0.05) is 15.9 Å². The molecular weight excluding hydrogens is 326 g/mol. The number of azide groups is 1. The van der Waals surface area contributed by atoms with Crippen molar-refractivity contribution in [3.05, 3.63) is 82.4 Å². The third-order valence-corrected chi connectivity index (χ3v) is 4.88. The predicted octanol–water partition coefficient (Wildman–Crippen LogP) is 4.85. The summed E-state index contributed by atoms with van der Waals surface area (Å²) in [5, 5.41) is 16.6. The van der Waals surface area contributed by atoms with E-state index in [-0.39, 0.29) is 0 Å². The van der Waals surface area contributed by atoms with Gasteiger partial charge in [-0.25, -0.2) is 9.97 Å². The lowest BCUT2D eigenvalue weighted by Gasteiger charge is -2.28. The van der Waals surface area contributed by atoms with Crippen molar-refractivity contribution in [2.75, 3.05) is 0 Å². The fraction of sp³-hybridized carbons (Fsp3) is 0.100. The van der Waals surface area contributed by atoms with E-state index >= 15 is 0 Å². The van der Waals surface area contributed by atoms with E-state index in [2.05, 4.69) is 10.0 Å². The average Bonchev–Trinajstić information content (AvgIpc) is 2.70. The Labute approximate surface area is 148 Å². The highest BCUT2D eigenvalue weighted by Gasteiger charge is 2.34. The first-order valence-corrected chi connectivity index (χ1v) is 8.29. The van der Waals surface area contributed by atoms with E-state index in [0.717, 1.165) is 27.4 Å². The number of benzene rings is 3. The normalized spacial score (nSPS) is 18.2. The molecule has 4 aromatic rings. The largest absolute Gasteiger partial charge is 0.388 e. The fourth-order valence-electron chi connectivity index (χ4n) is 3.67. The quantitative estimate of drug-likeness (QED) is 0.232. The van der Waals surface area contributed by atoms with Gasteiger partial charge < -0.3 is 5.11 Å². The first-order valence-electron chi connectivity index (χ1n) is 8.29. The molecular formula is C20H13N5O. The molecule has 0 fully saturated rings. The van der Waals surface area contributed by atoms with Crippen LogP contribution in [0.3, 0.4) is 0 Å². The third-order valence-electron chi connectivity index (χ3n) is 4.88. The zero-order chi connectivity index (χ0) is 17.7. The van der Waals surface area contributed by atoms with Crippen LogP contribution in [0.25, 0.3) is 43.5 Å². The Balaban J connectivity index is 1.91. The highest BCUT2D eigenvalue weighted by molar-refractivity contribution is 6.04. The van der Waals surface area contributed by atoms with Gasteiger partial charge in [0.05, 0.1) is 28.5 Å². The summed E-state index contributed by atoms with van der Waals surface area (Å²) in [4.78, 5) is 12.5. The summed E-state index contributed by atoms with van der Waals surface area (Å²) in [5.41, 5.74) is 13.2. The maximum absolute atomic E-state index is 10.8. The predicted molar refractivity (Wildman–Crippen MR) is 99.3 cm³/mol. The molecule has 124 valence electrons. The zero-order valence-corrected chi connectivity index (χ0v) is 13.6. The minimum Gasteiger partial charge on any atom is -0.388 e. The average molecular weight is 339 g/mol. The van der Waals surface area contributed by atoms with E-state index in [4.69, 9.17) is 15.5 Å². The molecule has 0 amide bonds. The molecule has 0 bridgehead atoms. The number of fused-ring (bicyclic) bond motifs is 6. The van der Waals surface area contributed by atoms with Crippen LogP contribution in [0, 0.1) is 0 Å². The third kappa shape index (κ3) is 2.00. The molecule has 3 aromatic carbocycles. The van der Waals surface area contributed by atoms with Gasteiger partial charge in [-0.1, -0.05) is 59.7 Å². The van der Waals surface area contributed by atoms with Crippen molar-refractivity contribution in [3.8, 4) is 11.3 Å². The SMILES string of the molecule is [N-]=[N+]=N[C@@H]1c2nc3c(ccc4ccccc43)nc2-c2ccccc2[C@H]1O. The summed E-state index contributed by atoms with van der Waals surface area (Å²) in [6, 6.07) is 18.6. The number of aliphatic hydroxyl groups excluding tert-OH is 1. The Morgan fingerprint density at radius 2 is 1.77 bits per heavy atom. The van der Waals surface area contributed by atoms with Crippen molar-refractivity contribution in [3.63, 3.8) is 0 Å². The molecule has 0 spiro atoms. The van der Waals surface area contributed by atoms with Gasteiger partial charge in [-0.3, -0.25) is 0 Å². The molecule has 1 aromatic heterocycles. The van der Waals surface area contributed by atoms with E-state index in [1.807, 2.05) is 60.7 Å². The number of hydrogen-bond acceptors (Lipinski definition) is 4. The van der Waals surface area contributed by atoms with E-state index < -0.39 is 12.1 Å². The van der Waals surface area contributed by atoms with Gasteiger partial charge in [0.25, 0.3) is 0 Å². The summed E-state index contributed by atoms with van der Waals surface area (Å²) < 4.78 is 0. The lowest BCUT2D eigenvalue weighted by Crippen LogP contribution is -2.18. The van der Waals surface area contributed by atoms with E-state index in [1.165, 1.54) is 0 Å².